The van der Waals surface area contributed by atoms with E-state index in [1.165, 1.54) is 19.2 Å². The van der Waals surface area contributed by atoms with Crippen molar-refractivity contribution in [1.82, 2.24) is 5.06 Å². The van der Waals surface area contributed by atoms with Crippen LogP contribution in [0.5, 0.6) is 5.75 Å². The minimum Gasteiger partial charge on any atom is -0.496 e. The van der Waals surface area contributed by atoms with Crippen LogP contribution in [0.25, 0.3) is 0 Å². The summed E-state index contributed by atoms with van der Waals surface area (Å²) >= 11 is 2.06. The third-order valence-corrected chi connectivity index (χ3v) is 3.46. The Morgan fingerprint density at radius 2 is 1.89 bits per heavy atom. The fourth-order valence-corrected chi connectivity index (χ4v) is 2.14. The van der Waals surface area contributed by atoms with Gasteiger partial charge in [-0.25, -0.2) is 4.79 Å². The average Bonchev–Trinajstić information content (AvgIpc) is 2.71. The molecule has 0 bridgehead atoms. The molecule has 1 heterocycles. The van der Waals surface area contributed by atoms with Crippen molar-refractivity contribution >= 4 is 40.4 Å². The molecule has 0 radical (unpaired) electrons. The zero-order valence-corrected chi connectivity index (χ0v) is 12.2. The molecule has 0 aliphatic carbocycles. The predicted octanol–water partition coefficient (Wildman–Crippen LogP) is 1.52. The van der Waals surface area contributed by atoms with Gasteiger partial charge in [0, 0.05) is 12.8 Å². The molecule has 0 aromatic heterocycles. The average molecular weight is 375 g/mol. The SMILES string of the molecule is COc1cc(C(=O)ON2C(=O)CCC2=O)ccc1I. The van der Waals surface area contributed by atoms with E-state index in [4.69, 9.17) is 9.57 Å². The van der Waals surface area contributed by atoms with Crippen molar-refractivity contribution in [3.8, 4) is 5.75 Å². The summed E-state index contributed by atoms with van der Waals surface area (Å²) in [5.74, 6) is -1.25. The quantitative estimate of drug-likeness (QED) is 0.592. The van der Waals surface area contributed by atoms with E-state index in [1.54, 1.807) is 6.07 Å². The topological polar surface area (TPSA) is 72.9 Å². The van der Waals surface area contributed by atoms with Crippen molar-refractivity contribution in [1.29, 1.82) is 0 Å². The number of nitrogens with zero attached hydrogens (tertiary/aromatic N) is 1. The number of ether oxygens (including phenoxy) is 1. The standard InChI is InChI=1S/C12H10INO5/c1-18-9-6-7(2-3-8(9)13)12(17)19-14-10(15)4-5-11(14)16/h2-3,6H,4-5H2,1H3. The van der Waals surface area contributed by atoms with Crippen LogP contribution in [0.4, 0.5) is 0 Å². The number of hydrogen-bond donors (Lipinski definition) is 0. The lowest BCUT2D eigenvalue weighted by molar-refractivity contribution is -0.172. The highest BCUT2D eigenvalue weighted by Crippen LogP contribution is 2.23. The van der Waals surface area contributed by atoms with Crippen molar-refractivity contribution < 1.29 is 24.0 Å². The van der Waals surface area contributed by atoms with Gasteiger partial charge in [-0.05, 0) is 40.8 Å². The summed E-state index contributed by atoms with van der Waals surface area (Å²) in [6.45, 7) is 0. The number of methoxy groups -OCH3 is 1. The summed E-state index contributed by atoms with van der Waals surface area (Å²) in [4.78, 5) is 39.3. The van der Waals surface area contributed by atoms with E-state index >= 15 is 0 Å². The van der Waals surface area contributed by atoms with Gasteiger partial charge in [0.2, 0.25) is 0 Å². The molecule has 1 aromatic carbocycles. The summed E-state index contributed by atoms with van der Waals surface area (Å²) < 4.78 is 5.92. The number of carbonyl (C=O) groups is 3. The van der Waals surface area contributed by atoms with Crippen molar-refractivity contribution in [2.75, 3.05) is 7.11 Å². The van der Waals surface area contributed by atoms with Gasteiger partial charge < -0.3 is 9.57 Å². The van der Waals surface area contributed by atoms with Crippen LogP contribution in [-0.4, -0.2) is 30.0 Å². The fraction of sp³-hybridized carbons (Fsp3) is 0.250. The van der Waals surface area contributed by atoms with Gasteiger partial charge in [0.25, 0.3) is 11.8 Å². The van der Waals surface area contributed by atoms with Crippen LogP contribution in [0.3, 0.4) is 0 Å². The second kappa shape index (κ2) is 5.55. The van der Waals surface area contributed by atoms with Crippen LogP contribution in [0.1, 0.15) is 23.2 Å². The number of carbonyl (C=O) groups excluding carboxylic acids is 3. The van der Waals surface area contributed by atoms with Gasteiger partial charge in [0.1, 0.15) is 5.75 Å². The van der Waals surface area contributed by atoms with Crippen molar-refractivity contribution in [2.45, 2.75) is 12.8 Å². The Balaban J connectivity index is 2.16. The summed E-state index contributed by atoms with van der Waals surface area (Å²) in [5.41, 5.74) is 0.213. The number of amides is 2. The van der Waals surface area contributed by atoms with Crippen LogP contribution < -0.4 is 4.74 Å². The lowest BCUT2D eigenvalue weighted by Gasteiger charge is -2.13. The largest absolute Gasteiger partial charge is 0.496 e. The Morgan fingerprint density at radius 3 is 2.47 bits per heavy atom. The van der Waals surface area contributed by atoms with Gasteiger partial charge in [0.05, 0.1) is 16.2 Å². The van der Waals surface area contributed by atoms with E-state index in [1.807, 2.05) is 0 Å². The first-order valence-corrected chi connectivity index (χ1v) is 6.52. The van der Waals surface area contributed by atoms with E-state index in [2.05, 4.69) is 22.6 Å². The first kappa shape index (κ1) is 13.8. The fourth-order valence-electron chi connectivity index (χ4n) is 1.58. The third kappa shape index (κ3) is 2.86. The highest BCUT2D eigenvalue weighted by atomic mass is 127. The van der Waals surface area contributed by atoms with Crippen LogP contribution in [0.2, 0.25) is 0 Å². The molecule has 0 atom stereocenters. The van der Waals surface area contributed by atoms with E-state index in [0.29, 0.717) is 10.8 Å². The van der Waals surface area contributed by atoms with Crippen molar-refractivity contribution in [3.05, 3.63) is 27.3 Å². The number of benzene rings is 1. The first-order valence-electron chi connectivity index (χ1n) is 5.44. The van der Waals surface area contributed by atoms with Gasteiger partial charge >= 0.3 is 5.97 Å². The van der Waals surface area contributed by atoms with Crippen LogP contribution in [0, 0.1) is 3.57 Å². The van der Waals surface area contributed by atoms with Crippen molar-refractivity contribution in [3.63, 3.8) is 0 Å². The predicted molar refractivity (Wildman–Crippen MR) is 72.2 cm³/mol. The molecule has 6 nitrogen and oxygen atoms in total. The Bertz CT molecular complexity index is 541. The number of hydrogen-bond acceptors (Lipinski definition) is 5. The number of imide groups is 1. The summed E-state index contributed by atoms with van der Waals surface area (Å²) in [5, 5.41) is 0.521. The molecule has 0 unspecified atom stereocenters. The van der Waals surface area contributed by atoms with E-state index < -0.39 is 17.8 Å². The highest BCUT2D eigenvalue weighted by Gasteiger charge is 2.33. The monoisotopic (exact) mass is 375 g/mol. The van der Waals surface area contributed by atoms with Gasteiger partial charge in [-0.1, -0.05) is 0 Å². The Hall–Kier alpha value is -1.64. The number of rotatable bonds is 3. The molecular formula is C12H10INO5. The Morgan fingerprint density at radius 1 is 1.26 bits per heavy atom. The maximum Gasteiger partial charge on any atom is 0.364 e. The Kier molecular flexibility index (Phi) is 4.03. The summed E-state index contributed by atoms with van der Waals surface area (Å²) in [7, 11) is 1.49. The minimum absolute atomic E-state index is 0.0716. The normalized spacial score (nSPS) is 14.7. The molecule has 0 spiro atoms. The molecule has 19 heavy (non-hydrogen) atoms. The smallest absolute Gasteiger partial charge is 0.364 e. The molecule has 1 aliphatic heterocycles. The van der Waals surface area contributed by atoms with Crippen LogP contribution in [0.15, 0.2) is 18.2 Å². The van der Waals surface area contributed by atoms with E-state index in [9.17, 15) is 14.4 Å². The zero-order chi connectivity index (χ0) is 14.0. The summed E-state index contributed by atoms with van der Waals surface area (Å²) in [6.07, 6.45) is 0.143. The first-order chi connectivity index (χ1) is 9.02. The van der Waals surface area contributed by atoms with Crippen LogP contribution >= 0.6 is 22.6 Å². The molecule has 0 saturated carbocycles. The van der Waals surface area contributed by atoms with Crippen LogP contribution in [-0.2, 0) is 14.4 Å². The third-order valence-electron chi connectivity index (χ3n) is 2.57. The molecular weight excluding hydrogens is 365 g/mol. The molecule has 0 N–H and O–H groups in total. The molecule has 1 fully saturated rings. The van der Waals surface area contributed by atoms with Gasteiger partial charge in [-0.3, -0.25) is 9.59 Å². The second-order valence-corrected chi connectivity index (χ2v) is 4.97. The molecule has 7 heteroatoms. The molecule has 100 valence electrons. The van der Waals surface area contributed by atoms with Gasteiger partial charge in [-0.2, -0.15) is 0 Å². The number of hydroxylamine groups is 2. The minimum atomic E-state index is -0.765. The Labute approximate surface area is 122 Å². The summed E-state index contributed by atoms with van der Waals surface area (Å²) in [6, 6.07) is 4.72. The molecule has 2 rings (SSSR count). The lowest BCUT2D eigenvalue weighted by atomic mass is 10.2. The van der Waals surface area contributed by atoms with Gasteiger partial charge in [-0.15, -0.1) is 5.06 Å². The maximum absolute atomic E-state index is 11.8. The molecule has 1 aromatic rings. The van der Waals surface area contributed by atoms with Crippen molar-refractivity contribution in [2.24, 2.45) is 0 Å². The molecule has 2 amide bonds. The highest BCUT2D eigenvalue weighted by molar-refractivity contribution is 14.1. The zero-order valence-electron chi connectivity index (χ0n) is 10.0. The van der Waals surface area contributed by atoms with E-state index in [-0.39, 0.29) is 18.4 Å². The molecule has 1 aliphatic rings. The van der Waals surface area contributed by atoms with Gasteiger partial charge in [0.15, 0.2) is 0 Å². The number of halogens is 1. The maximum atomic E-state index is 11.8. The lowest BCUT2D eigenvalue weighted by Crippen LogP contribution is -2.32. The second-order valence-electron chi connectivity index (χ2n) is 3.81. The van der Waals surface area contributed by atoms with E-state index in [0.717, 1.165) is 3.57 Å². The molecule has 1 saturated heterocycles.